The monoisotopic (exact) mass is 531 g/mol. The Bertz CT molecular complexity index is 875. The number of nitrogens with zero attached hydrogens (tertiary/aromatic N) is 2. The third-order valence-electron chi connectivity index (χ3n) is 3.98. The van der Waals surface area contributed by atoms with Crippen LogP contribution in [0.3, 0.4) is 0 Å². The van der Waals surface area contributed by atoms with E-state index in [9.17, 15) is 57.5 Å². The molecule has 0 aliphatic carbocycles. The summed E-state index contributed by atoms with van der Waals surface area (Å²) < 4.78 is 144. The van der Waals surface area contributed by atoms with Crippen LogP contribution in [0.2, 0.25) is 0 Å². The van der Waals surface area contributed by atoms with Gasteiger partial charge in [-0.15, -0.1) is 0 Å². The summed E-state index contributed by atoms with van der Waals surface area (Å²) in [5.41, 5.74) is 0. The van der Waals surface area contributed by atoms with Crippen LogP contribution in [-0.2, 0) is 24.9 Å². The molecule has 19 heteroatoms. The average Bonchev–Trinajstić information content (AvgIpc) is 2.49. The number of carbonyl (C=O) groups is 1. The van der Waals surface area contributed by atoms with Crippen molar-refractivity contribution in [3.05, 3.63) is 0 Å². The molecule has 0 aromatic carbocycles. The summed E-state index contributed by atoms with van der Waals surface area (Å²) in [6.45, 7) is -3.75. The molecule has 0 aromatic heterocycles. The molecule has 32 heavy (non-hydrogen) atoms. The van der Waals surface area contributed by atoms with E-state index in [1.165, 1.54) is 14.1 Å². The molecule has 0 radical (unpaired) electrons. The van der Waals surface area contributed by atoms with Gasteiger partial charge >= 0.3 is 23.3 Å². The van der Waals surface area contributed by atoms with Crippen molar-refractivity contribution in [2.24, 2.45) is 0 Å². The molecule has 0 rings (SSSR count). The predicted molar refractivity (Wildman–Crippen MR) is 93.0 cm³/mol. The summed E-state index contributed by atoms with van der Waals surface area (Å²) in [5, 5.41) is 11.6. The second-order valence-electron chi connectivity index (χ2n) is 7.42. The van der Waals surface area contributed by atoms with E-state index in [1.807, 2.05) is 0 Å². The van der Waals surface area contributed by atoms with Crippen LogP contribution in [0.25, 0.3) is 0 Å². The topological polar surface area (TPSA) is 149 Å². The first-order valence-corrected chi connectivity index (χ1v) is 11.4. The molecule has 0 aliphatic heterocycles. The molecule has 0 fully saturated rings. The summed E-state index contributed by atoms with van der Waals surface area (Å²) in [5.74, 6) is -10.2. The lowest BCUT2D eigenvalue weighted by molar-refractivity contribution is -0.893. The van der Waals surface area contributed by atoms with Crippen LogP contribution in [-0.4, -0.2) is 116 Å². The maximum Gasteiger partial charge on any atom is 0.461 e. The van der Waals surface area contributed by atoms with Crippen molar-refractivity contribution < 1.29 is 71.6 Å². The fraction of sp³-hybridized carbons (Fsp3) is 0.923. The number of quaternary nitrogens is 1. The van der Waals surface area contributed by atoms with E-state index in [1.54, 1.807) is 0 Å². The van der Waals surface area contributed by atoms with Gasteiger partial charge in [-0.1, -0.05) is 0 Å². The lowest BCUT2D eigenvalue weighted by Crippen LogP contribution is -2.60. The second kappa shape index (κ2) is 9.92. The van der Waals surface area contributed by atoms with E-state index < -0.39 is 85.7 Å². The normalized spacial score (nSPS) is 15.8. The van der Waals surface area contributed by atoms with Gasteiger partial charge in [0.25, 0.3) is 20.1 Å². The van der Waals surface area contributed by atoms with Gasteiger partial charge in [0.2, 0.25) is 0 Å². The molecular weight excluding hydrogens is 509 g/mol. The minimum Gasteiger partial charge on any atom is -0.480 e. The minimum atomic E-state index is -7.02. The lowest BCUT2D eigenvalue weighted by Gasteiger charge is -2.34. The Kier molecular flexibility index (Phi) is 9.52. The fourth-order valence-electron chi connectivity index (χ4n) is 2.56. The highest BCUT2D eigenvalue weighted by molar-refractivity contribution is 7.90. The molecule has 0 bridgehead atoms. The highest BCUT2D eigenvalue weighted by Gasteiger charge is 2.79. The van der Waals surface area contributed by atoms with Gasteiger partial charge in [0.15, 0.2) is 0 Å². The zero-order chi connectivity index (χ0) is 26.0. The number of rotatable bonds is 13. The first-order valence-electron chi connectivity index (χ1n) is 8.36. The van der Waals surface area contributed by atoms with E-state index >= 15 is 0 Å². The van der Waals surface area contributed by atoms with Crippen LogP contribution >= 0.6 is 0 Å². The van der Waals surface area contributed by atoms with E-state index in [4.69, 9.17) is 9.66 Å². The summed E-state index contributed by atoms with van der Waals surface area (Å²) in [7, 11) is -8.75. The molecule has 1 atom stereocenters. The van der Waals surface area contributed by atoms with Gasteiger partial charge in [0, 0.05) is 13.0 Å². The van der Waals surface area contributed by atoms with Crippen molar-refractivity contribution >= 4 is 26.1 Å². The number of halogens is 7. The third kappa shape index (κ3) is 7.94. The van der Waals surface area contributed by atoms with E-state index in [0.29, 0.717) is 0 Å². The quantitative estimate of drug-likeness (QED) is 0.174. The number of aliphatic hydroxyl groups is 1. The Morgan fingerprint density at radius 2 is 1.50 bits per heavy atom. The van der Waals surface area contributed by atoms with Crippen molar-refractivity contribution in [3.8, 4) is 0 Å². The predicted octanol–water partition coefficient (Wildman–Crippen LogP) is 0.208. The van der Waals surface area contributed by atoms with Crippen LogP contribution in [0.5, 0.6) is 0 Å². The molecule has 0 spiro atoms. The standard InChI is InChI=1S/C13H21F7N2O8S2/c1-22(2,7-9(23)8-31(26,27)28)5-3-4-21(6-10(24)25)32(29,30)13(19,20)11(14,15)12(16,17)18/h9,23H,3-8H2,1-2H3,(H-,24,25,26,27,28)/p+1. The number of sulfonamides is 1. The lowest BCUT2D eigenvalue weighted by atomic mass is 10.3. The van der Waals surface area contributed by atoms with E-state index in [2.05, 4.69) is 0 Å². The summed E-state index contributed by atoms with van der Waals surface area (Å²) in [6.07, 6.45) is -9.15. The first-order chi connectivity index (χ1) is 13.9. The molecule has 3 N–H and O–H groups in total. The number of hydrogen-bond donors (Lipinski definition) is 3. The highest BCUT2D eigenvalue weighted by atomic mass is 32.2. The van der Waals surface area contributed by atoms with Crippen molar-refractivity contribution in [3.63, 3.8) is 0 Å². The Balaban J connectivity index is 5.60. The number of carboxylic acid groups (broad SMARTS) is 1. The summed E-state index contributed by atoms with van der Waals surface area (Å²) >= 11 is 0. The van der Waals surface area contributed by atoms with Gasteiger partial charge in [-0.25, -0.2) is 8.42 Å². The number of alkyl halides is 7. The molecule has 0 aliphatic rings. The molecule has 0 saturated carbocycles. The Morgan fingerprint density at radius 3 is 1.88 bits per heavy atom. The minimum absolute atomic E-state index is 0.296. The Labute approximate surface area is 178 Å². The number of carboxylic acids is 1. The molecule has 0 aromatic rings. The van der Waals surface area contributed by atoms with Crippen LogP contribution < -0.4 is 0 Å². The maximum absolute atomic E-state index is 13.8. The SMILES string of the molecule is C[N+](C)(CCCN(CC(=O)O)S(=O)(=O)C(F)(F)C(F)(F)C(F)(F)F)CC(O)CS(=O)(=O)O. The number of aliphatic hydroxyl groups excluding tert-OH is 1. The molecule has 10 nitrogen and oxygen atoms in total. The second-order valence-corrected chi connectivity index (χ2v) is 10.9. The number of aliphatic carboxylic acids is 1. The first kappa shape index (κ1) is 30.7. The molecule has 192 valence electrons. The van der Waals surface area contributed by atoms with Crippen molar-refractivity contribution in [1.29, 1.82) is 0 Å². The van der Waals surface area contributed by atoms with Gasteiger partial charge < -0.3 is 14.7 Å². The summed E-state index contributed by atoms with van der Waals surface area (Å²) in [4.78, 5) is 10.8. The van der Waals surface area contributed by atoms with Gasteiger partial charge in [-0.05, 0) is 0 Å². The fourth-order valence-corrected chi connectivity index (χ4v) is 4.56. The molecule has 1 unspecified atom stereocenters. The van der Waals surface area contributed by atoms with Crippen LogP contribution in [0.15, 0.2) is 0 Å². The Morgan fingerprint density at radius 1 is 1.03 bits per heavy atom. The molecular formula is C13H22F7N2O8S2+. The zero-order valence-electron chi connectivity index (χ0n) is 16.6. The molecule has 0 amide bonds. The Hall–Kier alpha value is -1.28. The van der Waals surface area contributed by atoms with Gasteiger partial charge in [0.1, 0.15) is 24.9 Å². The van der Waals surface area contributed by atoms with Gasteiger partial charge in [0.05, 0.1) is 20.6 Å². The van der Waals surface area contributed by atoms with Crippen LogP contribution in [0.4, 0.5) is 30.7 Å². The molecule has 0 saturated heterocycles. The average molecular weight is 531 g/mol. The summed E-state index contributed by atoms with van der Waals surface area (Å²) in [6, 6.07) is 0. The molecule has 0 heterocycles. The van der Waals surface area contributed by atoms with Gasteiger partial charge in [-0.2, -0.15) is 43.5 Å². The number of hydrogen-bond acceptors (Lipinski definition) is 6. The smallest absolute Gasteiger partial charge is 0.461 e. The zero-order valence-corrected chi connectivity index (χ0v) is 18.2. The third-order valence-corrected chi connectivity index (χ3v) is 6.68. The van der Waals surface area contributed by atoms with E-state index in [-0.39, 0.29) is 11.0 Å². The van der Waals surface area contributed by atoms with Gasteiger partial charge in [-0.3, -0.25) is 9.35 Å². The van der Waals surface area contributed by atoms with Crippen molar-refractivity contribution in [2.75, 3.05) is 46.0 Å². The highest BCUT2D eigenvalue weighted by Crippen LogP contribution is 2.49. The number of likely N-dealkylation sites (N-methyl/N-ethyl adjacent to an activating group) is 1. The van der Waals surface area contributed by atoms with Crippen molar-refractivity contribution in [2.45, 2.75) is 29.9 Å². The maximum atomic E-state index is 13.8. The largest absolute Gasteiger partial charge is 0.480 e. The van der Waals surface area contributed by atoms with Crippen LogP contribution in [0, 0.1) is 0 Å². The van der Waals surface area contributed by atoms with Crippen LogP contribution in [0.1, 0.15) is 6.42 Å². The van der Waals surface area contributed by atoms with Crippen molar-refractivity contribution in [1.82, 2.24) is 4.31 Å². The van der Waals surface area contributed by atoms with E-state index in [0.717, 1.165) is 0 Å².